The van der Waals surface area contributed by atoms with E-state index in [9.17, 15) is 14.7 Å². The fourth-order valence-corrected chi connectivity index (χ4v) is 5.07. The molecule has 1 fully saturated rings. The zero-order valence-electron chi connectivity index (χ0n) is 21.6. The molecule has 192 valence electrons. The highest BCUT2D eigenvalue weighted by Gasteiger charge is 2.34. The van der Waals surface area contributed by atoms with Crippen molar-refractivity contribution in [3.8, 4) is 17.0 Å². The molecule has 0 aliphatic heterocycles. The molecule has 4 aromatic rings. The van der Waals surface area contributed by atoms with Crippen molar-refractivity contribution in [2.24, 2.45) is 11.8 Å². The predicted octanol–water partition coefficient (Wildman–Crippen LogP) is 6.25. The third-order valence-corrected chi connectivity index (χ3v) is 7.19. The Hall–Kier alpha value is -3.94. The van der Waals surface area contributed by atoms with E-state index in [1.54, 1.807) is 11.1 Å². The molecule has 0 saturated heterocycles. The van der Waals surface area contributed by atoms with E-state index in [1.165, 1.54) is 10.9 Å². The molecule has 1 aliphatic carbocycles. The maximum atomic E-state index is 13.5. The first-order valence-corrected chi connectivity index (χ1v) is 12.8. The number of aryl methyl sites for hydroxylation is 1. The summed E-state index contributed by atoms with van der Waals surface area (Å²) in [6, 6.07) is 11.1. The number of aromatic nitrogens is 3. The van der Waals surface area contributed by atoms with Crippen LogP contribution >= 0.6 is 0 Å². The molecule has 1 amide bonds. The highest BCUT2D eigenvalue weighted by atomic mass is 16.4. The number of furan rings is 1. The number of aromatic carboxylic acids is 1. The van der Waals surface area contributed by atoms with Crippen LogP contribution in [0, 0.1) is 18.8 Å². The first kappa shape index (κ1) is 24.7. The van der Waals surface area contributed by atoms with Gasteiger partial charge in [-0.3, -0.25) is 14.7 Å². The highest BCUT2D eigenvalue weighted by molar-refractivity contribution is 6.01. The molecule has 1 saturated carbocycles. The quantitative estimate of drug-likeness (QED) is 0.336. The molecular formula is C29H32N4O4. The van der Waals surface area contributed by atoms with Gasteiger partial charge >= 0.3 is 5.97 Å². The van der Waals surface area contributed by atoms with Gasteiger partial charge in [0.15, 0.2) is 11.4 Å². The van der Waals surface area contributed by atoms with E-state index in [-0.39, 0.29) is 29.2 Å². The number of hydrogen-bond acceptors (Lipinski definition) is 5. The summed E-state index contributed by atoms with van der Waals surface area (Å²) in [5, 5.41) is 14.6. The Bertz CT molecular complexity index is 1440. The third kappa shape index (κ3) is 4.88. The van der Waals surface area contributed by atoms with Gasteiger partial charge in [0.2, 0.25) is 5.91 Å². The Morgan fingerprint density at radius 3 is 2.46 bits per heavy atom. The molecule has 37 heavy (non-hydrogen) atoms. The SMILES string of the molecule is Cc1cnc2cc(-c3ccc(-n4cc(C(=O)O)c(N(C(=O)[C@H]5CC[C@H](C)CC5)C(C)C)n4)cc3)oc2c1. The number of carbonyl (C=O) groups is 2. The average Bonchev–Trinajstić information content (AvgIpc) is 3.49. The first-order chi connectivity index (χ1) is 17.7. The minimum Gasteiger partial charge on any atom is -0.477 e. The van der Waals surface area contributed by atoms with Crippen LogP contribution < -0.4 is 4.90 Å². The lowest BCUT2D eigenvalue weighted by atomic mass is 9.82. The van der Waals surface area contributed by atoms with E-state index in [0.29, 0.717) is 17.4 Å². The Labute approximate surface area is 215 Å². The van der Waals surface area contributed by atoms with E-state index >= 15 is 0 Å². The van der Waals surface area contributed by atoms with Crippen molar-refractivity contribution < 1.29 is 19.1 Å². The monoisotopic (exact) mass is 500 g/mol. The number of carboxylic acid groups (broad SMARTS) is 1. The summed E-state index contributed by atoms with van der Waals surface area (Å²) >= 11 is 0. The second kappa shape index (κ2) is 9.84. The molecule has 8 heteroatoms. The standard InChI is InChI=1S/C29H32N4O4/c1-17(2)33(28(34)21-7-5-18(3)6-8-21)27-23(29(35)36)16-32(31-27)22-11-9-20(10-12-22)25-14-24-26(37-25)13-19(4)15-30-24/h9-18,21H,5-8H2,1-4H3,(H,35,36)/t18-,21-. The molecule has 0 radical (unpaired) electrons. The van der Waals surface area contributed by atoms with Crippen LogP contribution in [0.3, 0.4) is 0 Å². The fourth-order valence-electron chi connectivity index (χ4n) is 5.07. The number of pyridine rings is 1. The normalized spacial score (nSPS) is 17.9. The second-order valence-electron chi connectivity index (χ2n) is 10.4. The van der Waals surface area contributed by atoms with Gasteiger partial charge in [-0.2, -0.15) is 0 Å². The Morgan fingerprint density at radius 2 is 1.81 bits per heavy atom. The summed E-state index contributed by atoms with van der Waals surface area (Å²) in [5.74, 6) is 0.247. The van der Waals surface area contributed by atoms with E-state index in [4.69, 9.17) is 4.42 Å². The number of amides is 1. The predicted molar refractivity (Wildman–Crippen MR) is 142 cm³/mol. The molecule has 0 spiro atoms. The van der Waals surface area contributed by atoms with Gasteiger partial charge < -0.3 is 9.52 Å². The van der Waals surface area contributed by atoms with Crippen molar-refractivity contribution in [2.45, 2.75) is 59.4 Å². The summed E-state index contributed by atoms with van der Waals surface area (Å²) < 4.78 is 7.50. The molecule has 3 heterocycles. The summed E-state index contributed by atoms with van der Waals surface area (Å²) in [6.45, 7) is 7.97. The van der Waals surface area contributed by atoms with E-state index in [2.05, 4.69) is 17.0 Å². The lowest BCUT2D eigenvalue weighted by Gasteiger charge is -2.32. The van der Waals surface area contributed by atoms with Crippen LogP contribution in [0.15, 0.2) is 53.2 Å². The van der Waals surface area contributed by atoms with Crippen LogP contribution in [0.4, 0.5) is 5.82 Å². The number of anilines is 1. The number of rotatable bonds is 6. The van der Waals surface area contributed by atoms with Gasteiger partial charge in [0.25, 0.3) is 0 Å². The molecule has 5 rings (SSSR count). The van der Waals surface area contributed by atoms with Gasteiger partial charge in [-0.15, -0.1) is 5.10 Å². The number of nitrogens with zero attached hydrogens (tertiary/aromatic N) is 4. The number of fused-ring (bicyclic) bond motifs is 1. The minimum absolute atomic E-state index is 0.00836. The van der Waals surface area contributed by atoms with Gasteiger partial charge in [0.05, 0.1) is 5.69 Å². The van der Waals surface area contributed by atoms with Crippen molar-refractivity contribution in [2.75, 3.05) is 4.90 Å². The van der Waals surface area contributed by atoms with Crippen LogP contribution in [0.5, 0.6) is 0 Å². The van der Waals surface area contributed by atoms with Crippen LogP contribution in [-0.4, -0.2) is 37.8 Å². The summed E-state index contributed by atoms with van der Waals surface area (Å²) in [4.78, 5) is 31.7. The lowest BCUT2D eigenvalue weighted by molar-refractivity contribution is -0.124. The van der Waals surface area contributed by atoms with Crippen LogP contribution in [0.25, 0.3) is 28.1 Å². The maximum Gasteiger partial charge on any atom is 0.341 e. The smallest absolute Gasteiger partial charge is 0.341 e. The lowest BCUT2D eigenvalue weighted by Crippen LogP contribution is -2.43. The van der Waals surface area contributed by atoms with Crippen molar-refractivity contribution in [1.82, 2.24) is 14.8 Å². The molecular weight excluding hydrogens is 468 g/mol. The van der Waals surface area contributed by atoms with E-state index < -0.39 is 5.97 Å². The topological polar surface area (TPSA) is 101 Å². The third-order valence-electron chi connectivity index (χ3n) is 7.19. The fraction of sp³-hybridized carbons (Fsp3) is 0.379. The number of carboxylic acids is 1. The molecule has 1 aliphatic rings. The van der Waals surface area contributed by atoms with Crippen LogP contribution in [-0.2, 0) is 4.79 Å². The Morgan fingerprint density at radius 1 is 1.11 bits per heavy atom. The molecule has 1 N–H and O–H groups in total. The van der Waals surface area contributed by atoms with Crippen LogP contribution in [0.2, 0.25) is 0 Å². The van der Waals surface area contributed by atoms with E-state index in [1.807, 2.05) is 57.2 Å². The Balaban J connectivity index is 1.46. The first-order valence-electron chi connectivity index (χ1n) is 12.8. The number of hydrogen-bond donors (Lipinski definition) is 1. The van der Waals surface area contributed by atoms with Crippen molar-refractivity contribution >= 4 is 28.8 Å². The summed E-state index contributed by atoms with van der Waals surface area (Å²) in [5.41, 5.74) is 4.11. The molecule has 0 bridgehead atoms. The molecule has 0 unspecified atom stereocenters. The molecule has 3 aromatic heterocycles. The second-order valence-corrected chi connectivity index (χ2v) is 10.4. The molecule has 8 nitrogen and oxygen atoms in total. The highest BCUT2D eigenvalue weighted by Crippen LogP contribution is 2.33. The maximum absolute atomic E-state index is 13.5. The summed E-state index contributed by atoms with van der Waals surface area (Å²) in [6.07, 6.45) is 6.95. The van der Waals surface area contributed by atoms with Gasteiger partial charge in [0.1, 0.15) is 16.8 Å². The van der Waals surface area contributed by atoms with Gasteiger partial charge in [0, 0.05) is 36.0 Å². The average molecular weight is 501 g/mol. The zero-order valence-corrected chi connectivity index (χ0v) is 21.6. The molecule has 1 aromatic carbocycles. The van der Waals surface area contributed by atoms with Crippen molar-refractivity contribution in [3.05, 3.63) is 59.9 Å². The van der Waals surface area contributed by atoms with Crippen LogP contribution in [0.1, 0.15) is 62.4 Å². The zero-order chi connectivity index (χ0) is 26.3. The van der Waals surface area contributed by atoms with Crippen molar-refractivity contribution in [1.29, 1.82) is 0 Å². The number of carbonyl (C=O) groups excluding carboxylic acids is 1. The largest absolute Gasteiger partial charge is 0.477 e. The van der Waals surface area contributed by atoms with Gasteiger partial charge in [-0.05, 0) is 88.3 Å². The minimum atomic E-state index is -1.11. The van der Waals surface area contributed by atoms with E-state index in [0.717, 1.165) is 47.9 Å². The molecule has 0 atom stereocenters. The van der Waals surface area contributed by atoms with Gasteiger partial charge in [-0.25, -0.2) is 9.48 Å². The van der Waals surface area contributed by atoms with Crippen molar-refractivity contribution in [3.63, 3.8) is 0 Å². The Kier molecular flexibility index (Phi) is 6.58. The van der Waals surface area contributed by atoms with Gasteiger partial charge in [-0.1, -0.05) is 6.92 Å². The number of benzene rings is 1. The summed E-state index contributed by atoms with van der Waals surface area (Å²) in [7, 11) is 0.